The van der Waals surface area contributed by atoms with Gasteiger partial charge in [-0.3, -0.25) is 4.68 Å². The molecule has 1 atom stereocenters. The molecule has 20 heavy (non-hydrogen) atoms. The summed E-state index contributed by atoms with van der Waals surface area (Å²) in [6, 6.07) is -1.36. The van der Waals surface area contributed by atoms with Crippen LogP contribution in [-0.2, 0) is 22.9 Å². The summed E-state index contributed by atoms with van der Waals surface area (Å²) in [6.45, 7) is 2.47. The first kappa shape index (κ1) is 13.5. The Bertz CT molecular complexity index is 554. The van der Waals surface area contributed by atoms with Crippen molar-refractivity contribution >= 4 is 12.1 Å². The third-order valence-corrected chi connectivity index (χ3v) is 2.05. The summed E-state index contributed by atoms with van der Waals surface area (Å²) >= 11 is 0. The molecule has 0 saturated carbocycles. The van der Waals surface area contributed by atoms with E-state index in [1.54, 1.807) is 20.8 Å². The van der Waals surface area contributed by atoms with E-state index in [2.05, 4.69) is 10.4 Å². The van der Waals surface area contributed by atoms with E-state index in [-0.39, 0.29) is 25.3 Å². The number of hydrogen-bond donors (Lipinski definition) is 1. The van der Waals surface area contributed by atoms with Gasteiger partial charge in [0.15, 0.2) is 0 Å². The molecule has 8 heteroatoms. The molecule has 1 amide bonds. The van der Waals surface area contributed by atoms with Gasteiger partial charge in [0.25, 0.3) is 0 Å². The molecule has 1 aromatic heterocycles. The molecule has 0 saturated heterocycles. The molecule has 1 aromatic rings. The van der Waals surface area contributed by atoms with Gasteiger partial charge in [0.2, 0.25) is 0 Å². The Hall–Kier alpha value is -1.45. The maximum absolute atomic E-state index is 11.6. The van der Waals surface area contributed by atoms with E-state index in [4.69, 9.17) is 8.85 Å². The van der Waals surface area contributed by atoms with E-state index >= 15 is 0 Å². The quantitative estimate of drug-likeness (QED) is 0.579. The normalized spacial score (nSPS) is 15.1. The van der Waals surface area contributed by atoms with Crippen molar-refractivity contribution in [3.63, 3.8) is 0 Å². The molecule has 0 unspecified atom stereocenters. The van der Waals surface area contributed by atoms with Gasteiger partial charge in [-0.1, -0.05) is 0 Å². The first-order valence-electron chi connectivity index (χ1n) is 7.13. The molecular weight excluding hydrogens is 257 g/mol. The number of carbonyl (C=O) groups is 2. The summed E-state index contributed by atoms with van der Waals surface area (Å²) in [4.78, 5) is 22.7. The molecule has 0 fully saturated rings. The molecule has 0 aliphatic rings. The van der Waals surface area contributed by atoms with Crippen LogP contribution < -0.4 is 29.3 Å². The van der Waals surface area contributed by atoms with Gasteiger partial charge in [-0.15, -0.1) is 0 Å². The number of alkyl carbamates (subject to hydrolysis) is 1. The van der Waals surface area contributed by atoms with Gasteiger partial charge in [-0.25, -0.2) is 4.79 Å². The van der Waals surface area contributed by atoms with Gasteiger partial charge in [0.05, 0.1) is 18.2 Å². The number of rotatable bonds is 4. The third kappa shape index (κ3) is 6.64. The Morgan fingerprint density at radius 1 is 1.60 bits per heavy atom. The van der Waals surface area contributed by atoms with E-state index in [1.165, 1.54) is 12.4 Å². The standard InChI is InChI=1S/C12H19N3O4.Li/c1-12(2,3)19-11(18)14-9(10(16)17)5-8-6-13-15(4)7-8;/h6-7,9H,5H2,1-4H3,(H,14,18)(H,16,17);/q;+1/p-1/t9-;/m1./s1/i4D3;. The van der Waals surface area contributed by atoms with E-state index in [9.17, 15) is 14.7 Å². The van der Waals surface area contributed by atoms with Crippen molar-refractivity contribution in [3.8, 4) is 0 Å². The van der Waals surface area contributed by atoms with E-state index in [1.807, 2.05) is 0 Å². The zero-order chi connectivity index (χ0) is 17.1. The van der Waals surface area contributed by atoms with Crippen LogP contribution in [-0.4, -0.2) is 33.5 Å². The molecular formula is C12H18LiN3O4. The third-order valence-electron chi connectivity index (χ3n) is 2.05. The second-order valence-corrected chi connectivity index (χ2v) is 5.02. The van der Waals surface area contributed by atoms with Gasteiger partial charge < -0.3 is 20.0 Å². The van der Waals surface area contributed by atoms with Crippen molar-refractivity contribution in [3.05, 3.63) is 18.0 Å². The maximum Gasteiger partial charge on any atom is 1.00 e. The number of ether oxygens (including phenoxy) is 1. The first-order valence-corrected chi connectivity index (χ1v) is 5.63. The summed E-state index contributed by atoms with van der Waals surface area (Å²) in [5.74, 6) is -1.51. The number of aliphatic carboxylic acids is 1. The van der Waals surface area contributed by atoms with Crippen molar-refractivity contribution in [2.45, 2.75) is 38.8 Å². The number of carboxylic acids is 1. The number of hydrogen-bond acceptors (Lipinski definition) is 5. The SMILES string of the molecule is [2H]C([2H])([2H])n1cc(C[C@@H](NC(=O)OC(C)(C)C)C(=O)[O-])cn1.[Li+]. The smallest absolute Gasteiger partial charge is 0.548 e. The van der Waals surface area contributed by atoms with Crippen LogP contribution in [0.25, 0.3) is 0 Å². The predicted octanol–water partition coefficient (Wildman–Crippen LogP) is -3.39. The van der Waals surface area contributed by atoms with Crippen LogP contribution in [0.15, 0.2) is 12.4 Å². The number of carbonyl (C=O) groups excluding carboxylic acids is 2. The number of aryl methyl sites for hydroxylation is 1. The fourth-order valence-electron chi connectivity index (χ4n) is 1.34. The molecule has 1 heterocycles. The number of amides is 1. The minimum atomic E-state index is -2.45. The van der Waals surface area contributed by atoms with Crippen LogP contribution in [0.4, 0.5) is 4.79 Å². The van der Waals surface area contributed by atoms with Crippen LogP contribution in [0.5, 0.6) is 0 Å². The number of nitrogens with one attached hydrogen (secondary N) is 1. The summed E-state index contributed by atoms with van der Waals surface area (Å²) in [7, 11) is 0. The van der Waals surface area contributed by atoms with Crippen molar-refractivity contribution in [1.82, 2.24) is 15.1 Å². The Balaban J connectivity index is 0.00000484. The van der Waals surface area contributed by atoms with Gasteiger partial charge in [-0.05, 0) is 26.3 Å². The monoisotopic (exact) mass is 278 g/mol. The maximum atomic E-state index is 11.6. The van der Waals surface area contributed by atoms with Crippen LogP contribution in [0.3, 0.4) is 0 Å². The predicted molar refractivity (Wildman–Crippen MR) is 65.1 cm³/mol. The molecule has 106 valence electrons. The Morgan fingerprint density at radius 3 is 2.70 bits per heavy atom. The summed E-state index contributed by atoms with van der Waals surface area (Å²) < 4.78 is 27.2. The first-order chi connectivity index (χ1) is 9.88. The molecule has 0 aliphatic heterocycles. The summed E-state index contributed by atoms with van der Waals surface area (Å²) in [6.07, 6.45) is 1.35. The average Bonchev–Trinajstić information content (AvgIpc) is 2.73. The molecule has 0 bridgehead atoms. The average molecular weight is 278 g/mol. The molecule has 1 N–H and O–H groups in total. The second kappa shape index (κ2) is 7.36. The molecule has 0 aliphatic carbocycles. The van der Waals surface area contributed by atoms with E-state index < -0.39 is 30.7 Å². The van der Waals surface area contributed by atoms with Crippen molar-refractivity contribution in [2.24, 2.45) is 6.98 Å². The fourth-order valence-corrected chi connectivity index (χ4v) is 1.34. The zero-order valence-electron chi connectivity index (χ0n) is 15.0. The van der Waals surface area contributed by atoms with Gasteiger partial charge in [0, 0.05) is 23.7 Å². The van der Waals surface area contributed by atoms with Gasteiger partial charge >= 0.3 is 25.0 Å². The largest absolute Gasteiger partial charge is 1.00 e. The number of carboxylic acid groups (broad SMARTS) is 1. The Labute approximate surface area is 134 Å². The minimum absolute atomic E-state index is 0. The summed E-state index contributed by atoms with van der Waals surface area (Å²) in [5.41, 5.74) is -0.437. The fraction of sp³-hybridized carbons (Fsp3) is 0.583. The van der Waals surface area contributed by atoms with Crippen LogP contribution in [0, 0.1) is 0 Å². The van der Waals surface area contributed by atoms with Gasteiger partial charge in [0.1, 0.15) is 5.60 Å². The number of nitrogens with zero attached hydrogens (tertiary/aromatic N) is 2. The second-order valence-electron chi connectivity index (χ2n) is 5.02. The summed E-state index contributed by atoms with van der Waals surface area (Å²) in [5, 5.41) is 16.9. The molecule has 0 radical (unpaired) electrons. The van der Waals surface area contributed by atoms with Crippen molar-refractivity contribution in [1.29, 1.82) is 0 Å². The van der Waals surface area contributed by atoms with Gasteiger partial charge in [-0.2, -0.15) is 5.10 Å². The van der Waals surface area contributed by atoms with Crippen LogP contribution >= 0.6 is 0 Å². The molecule has 1 rings (SSSR count). The Kier molecular flexibility index (Phi) is 4.98. The van der Waals surface area contributed by atoms with Crippen molar-refractivity contribution in [2.75, 3.05) is 0 Å². The molecule has 7 nitrogen and oxygen atoms in total. The zero-order valence-corrected chi connectivity index (χ0v) is 12.0. The van der Waals surface area contributed by atoms with Crippen LogP contribution in [0.2, 0.25) is 0 Å². The minimum Gasteiger partial charge on any atom is -0.548 e. The molecule has 0 spiro atoms. The van der Waals surface area contributed by atoms with E-state index in [0.717, 1.165) is 4.68 Å². The number of aromatic nitrogens is 2. The topological polar surface area (TPSA) is 96.3 Å². The van der Waals surface area contributed by atoms with E-state index in [0.29, 0.717) is 5.56 Å². The molecule has 0 aromatic carbocycles. The Morgan fingerprint density at radius 2 is 2.25 bits per heavy atom. The van der Waals surface area contributed by atoms with Crippen LogP contribution in [0.1, 0.15) is 30.4 Å². The van der Waals surface area contributed by atoms with Crippen molar-refractivity contribution < 1.29 is 42.4 Å².